The Morgan fingerprint density at radius 3 is 0.568 bits per heavy atom. The van der Waals surface area contributed by atoms with Crippen molar-refractivity contribution < 1.29 is 39.6 Å². The van der Waals surface area contributed by atoms with Crippen LogP contribution in [0.3, 0.4) is 0 Å². The number of rotatable bonds is 6. The molecule has 0 atom stereocenters. The second-order valence-electron chi connectivity index (χ2n) is 7.53. The van der Waals surface area contributed by atoms with Crippen LogP contribution in [0.2, 0.25) is 0 Å². The van der Waals surface area contributed by atoms with E-state index in [1.807, 2.05) is 0 Å². The summed E-state index contributed by atoms with van der Waals surface area (Å²) in [5.41, 5.74) is 4.27. The molecule has 9 heteroatoms. The number of carbonyl (C=O) groups is 4. The second kappa shape index (κ2) is 12.7. The fourth-order valence-corrected chi connectivity index (χ4v) is 3.22. The molecule has 8 nitrogen and oxygen atoms in total. The van der Waals surface area contributed by atoms with E-state index in [-0.39, 0.29) is 34.7 Å². The van der Waals surface area contributed by atoms with Gasteiger partial charge in [-0.1, -0.05) is 48.5 Å². The van der Waals surface area contributed by atoms with Crippen molar-refractivity contribution in [3.05, 3.63) is 119 Å². The van der Waals surface area contributed by atoms with Gasteiger partial charge in [0.25, 0.3) is 0 Å². The van der Waals surface area contributed by atoms with Crippen molar-refractivity contribution in [1.29, 1.82) is 0 Å². The van der Waals surface area contributed by atoms with Gasteiger partial charge in [-0.3, -0.25) is 0 Å². The zero-order valence-electron chi connectivity index (χ0n) is 19.1. The molecule has 0 aliphatic carbocycles. The summed E-state index contributed by atoms with van der Waals surface area (Å²) < 4.78 is 0. The third-order valence-corrected chi connectivity index (χ3v) is 5.19. The fraction of sp³-hybridized carbons (Fsp3) is 0. The van der Waals surface area contributed by atoms with Crippen LogP contribution in [0, 0.1) is 0 Å². The molecule has 0 amide bonds. The van der Waals surface area contributed by atoms with Gasteiger partial charge in [0.2, 0.25) is 0 Å². The van der Waals surface area contributed by atoms with Crippen LogP contribution >= 0.6 is 12.4 Å². The van der Waals surface area contributed by atoms with Crippen molar-refractivity contribution in [3.8, 4) is 22.3 Å². The average Bonchev–Trinajstić information content (AvgIpc) is 2.89. The van der Waals surface area contributed by atoms with Gasteiger partial charge in [0.1, 0.15) is 0 Å². The highest BCUT2D eigenvalue weighted by atomic mass is 35.5. The Morgan fingerprint density at radius 1 is 0.324 bits per heavy atom. The molecule has 4 N–H and O–H groups in total. The summed E-state index contributed by atoms with van der Waals surface area (Å²) in [5.74, 6) is -3.88. The summed E-state index contributed by atoms with van der Waals surface area (Å²) in [6.07, 6.45) is 0. The summed E-state index contributed by atoms with van der Waals surface area (Å²) in [5, 5.41) is 35.1. The molecule has 0 radical (unpaired) electrons. The van der Waals surface area contributed by atoms with Gasteiger partial charge in [-0.15, -0.1) is 12.4 Å². The quantitative estimate of drug-likeness (QED) is 0.244. The van der Waals surface area contributed by atoms with Crippen molar-refractivity contribution in [2.75, 3.05) is 0 Å². The van der Waals surface area contributed by atoms with Gasteiger partial charge in [-0.05, 0) is 70.8 Å². The van der Waals surface area contributed by atoms with Crippen LogP contribution < -0.4 is 0 Å². The molecule has 4 aromatic carbocycles. The van der Waals surface area contributed by atoms with E-state index in [2.05, 4.69) is 0 Å². The van der Waals surface area contributed by atoms with Crippen molar-refractivity contribution >= 4 is 36.3 Å². The summed E-state index contributed by atoms with van der Waals surface area (Å²) in [4.78, 5) is 42.8. The standard InChI is InChI=1S/2C14H10O4.ClH/c2*15-13(16)11-5-1-9(2-6-11)10-3-7-12(8-4-10)14(17)18;/h2*1-8H,(H,15,16)(H,17,18);1H. The van der Waals surface area contributed by atoms with Crippen LogP contribution in [0.1, 0.15) is 41.4 Å². The van der Waals surface area contributed by atoms with Gasteiger partial charge in [0.05, 0.1) is 22.3 Å². The zero-order valence-corrected chi connectivity index (χ0v) is 19.9. The molecule has 0 fully saturated rings. The second-order valence-corrected chi connectivity index (χ2v) is 7.53. The number of halogens is 1. The highest BCUT2D eigenvalue weighted by molar-refractivity contribution is 5.90. The number of hydrogen-bond acceptors (Lipinski definition) is 4. The number of carboxylic acid groups (broad SMARTS) is 4. The monoisotopic (exact) mass is 520 g/mol. The van der Waals surface area contributed by atoms with E-state index in [0.29, 0.717) is 0 Å². The molecule has 0 heterocycles. The average molecular weight is 521 g/mol. The minimum atomic E-state index is -0.970. The van der Waals surface area contributed by atoms with E-state index in [4.69, 9.17) is 20.4 Å². The van der Waals surface area contributed by atoms with Gasteiger partial charge in [0, 0.05) is 0 Å². The van der Waals surface area contributed by atoms with Crippen LogP contribution in [-0.2, 0) is 0 Å². The molecular weight excluding hydrogens is 500 g/mol. The fourth-order valence-electron chi connectivity index (χ4n) is 3.22. The van der Waals surface area contributed by atoms with Crippen LogP contribution in [0.4, 0.5) is 0 Å². The smallest absolute Gasteiger partial charge is 0.335 e. The maximum atomic E-state index is 10.7. The maximum absolute atomic E-state index is 10.7. The molecule has 0 aliphatic rings. The number of benzene rings is 4. The van der Waals surface area contributed by atoms with E-state index in [9.17, 15) is 19.2 Å². The first kappa shape index (κ1) is 28.3. The van der Waals surface area contributed by atoms with Crippen LogP contribution in [0.15, 0.2) is 97.1 Å². The van der Waals surface area contributed by atoms with Gasteiger partial charge in [-0.25, -0.2) is 19.2 Å². The lowest BCUT2D eigenvalue weighted by molar-refractivity contribution is 0.0686. The molecule has 0 bridgehead atoms. The van der Waals surface area contributed by atoms with Crippen LogP contribution in [0.25, 0.3) is 22.3 Å². The Labute approximate surface area is 217 Å². The molecule has 0 saturated carbocycles. The predicted octanol–water partition coefficient (Wildman–Crippen LogP) is 5.92. The first-order chi connectivity index (χ1) is 17.2. The lowest BCUT2D eigenvalue weighted by Crippen LogP contribution is -1.96. The largest absolute Gasteiger partial charge is 0.478 e. The van der Waals surface area contributed by atoms with E-state index in [1.165, 1.54) is 48.5 Å². The summed E-state index contributed by atoms with van der Waals surface area (Å²) in [6, 6.07) is 25.7. The minimum Gasteiger partial charge on any atom is -0.478 e. The van der Waals surface area contributed by atoms with Gasteiger partial charge < -0.3 is 20.4 Å². The Hall–Kier alpha value is -4.95. The lowest BCUT2D eigenvalue weighted by Gasteiger charge is -2.03. The zero-order chi connectivity index (χ0) is 26.2. The Morgan fingerprint density at radius 2 is 0.459 bits per heavy atom. The molecule has 0 aromatic heterocycles. The Bertz CT molecular complexity index is 1170. The van der Waals surface area contributed by atoms with E-state index in [1.54, 1.807) is 48.5 Å². The van der Waals surface area contributed by atoms with E-state index < -0.39 is 23.9 Å². The number of carboxylic acids is 4. The molecule has 0 aliphatic heterocycles. The number of hydrogen-bond donors (Lipinski definition) is 4. The summed E-state index contributed by atoms with van der Waals surface area (Å²) >= 11 is 0. The maximum Gasteiger partial charge on any atom is 0.335 e. The topological polar surface area (TPSA) is 149 Å². The highest BCUT2D eigenvalue weighted by Crippen LogP contribution is 2.21. The molecule has 0 unspecified atom stereocenters. The van der Waals surface area contributed by atoms with E-state index in [0.717, 1.165) is 22.3 Å². The first-order valence-electron chi connectivity index (χ1n) is 10.5. The molecule has 0 saturated heterocycles. The Balaban J connectivity index is 0.000000253. The molecule has 37 heavy (non-hydrogen) atoms. The summed E-state index contributed by atoms with van der Waals surface area (Å²) in [6.45, 7) is 0. The number of aromatic carboxylic acids is 4. The molecule has 4 rings (SSSR count). The van der Waals surface area contributed by atoms with Gasteiger partial charge in [-0.2, -0.15) is 0 Å². The third-order valence-electron chi connectivity index (χ3n) is 5.19. The predicted molar refractivity (Wildman–Crippen MR) is 139 cm³/mol. The molecule has 4 aromatic rings. The molecule has 0 spiro atoms. The van der Waals surface area contributed by atoms with Gasteiger partial charge >= 0.3 is 23.9 Å². The van der Waals surface area contributed by atoms with Crippen LogP contribution in [0.5, 0.6) is 0 Å². The van der Waals surface area contributed by atoms with Crippen molar-refractivity contribution in [2.45, 2.75) is 0 Å². The summed E-state index contributed by atoms with van der Waals surface area (Å²) in [7, 11) is 0. The third kappa shape index (κ3) is 7.51. The van der Waals surface area contributed by atoms with Crippen molar-refractivity contribution in [1.82, 2.24) is 0 Å². The first-order valence-corrected chi connectivity index (χ1v) is 10.5. The SMILES string of the molecule is Cl.O=C(O)c1ccc(-c2ccc(C(=O)O)cc2)cc1.O=C(O)c1ccc(-c2ccc(C(=O)O)cc2)cc1. The van der Waals surface area contributed by atoms with Crippen LogP contribution in [-0.4, -0.2) is 44.3 Å². The van der Waals surface area contributed by atoms with E-state index >= 15 is 0 Å². The van der Waals surface area contributed by atoms with Crippen molar-refractivity contribution in [2.24, 2.45) is 0 Å². The normalized spacial score (nSPS) is 9.73. The van der Waals surface area contributed by atoms with Crippen molar-refractivity contribution in [3.63, 3.8) is 0 Å². The molecule has 188 valence electrons. The lowest BCUT2D eigenvalue weighted by atomic mass is 10.0. The Kier molecular flexibility index (Phi) is 9.68. The van der Waals surface area contributed by atoms with Gasteiger partial charge in [0.15, 0.2) is 0 Å². The molecular formula is C28H21ClO8. The highest BCUT2D eigenvalue weighted by Gasteiger charge is 2.06. The minimum absolute atomic E-state index is 0.